The fourth-order valence-corrected chi connectivity index (χ4v) is 2.51. The fraction of sp³-hybridized carbons (Fsp3) is 1.00. The Kier molecular flexibility index (Phi) is 16.8. The Morgan fingerprint density at radius 1 is 0.750 bits per heavy atom. The second kappa shape index (κ2) is 16.9. The van der Waals surface area contributed by atoms with E-state index in [0.717, 1.165) is 13.1 Å². The molecule has 0 aromatic heterocycles. The van der Waals surface area contributed by atoms with Gasteiger partial charge in [0.2, 0.25) is 0 Å². The molecule has 0 rings (SSSR count). The molecule has 0 radical (unpaired) electrons. The summed E-state index contributed by atoms with van der Waals surface area (Å²) in [5, 5.41) is 17.6. The highest BCUT2D eigenvalue weighted by molar-refractivity contribution is 4.58. The molecule has 0 unspecified atom stereocenters. The Balaban J connectivity index is 3.27. The molecule has 0 aliphatic carbocycles. The van der Waals surface area contributed by atoms with Crippen LogP contribution in [0.25, 0.3) is 0 Å². The molecule has 0 fully saturated rings. The molecule has 0 saturated carbocycles. The lowest BCUT2D eigenvalue weighted by molar-refractivity contribution is 0.135. The number of aliphatic hydroxyl groups excluding tert-OH is 1. The van der Waals surface area contributed by atoms with Gasteiger partial charge in [-0.3, -0.25) is 4.90 Å². The maximum atomic E-state index is 8.97. The van der Waals surface area contributed by atoms with Crippen molar-refractivity contribution in [2.24, 2.45) is 0 Å². The van der Waals surface area contributed by atoms with E-state index < -0.39 is 0 Å². The largest absolute Gasteiger partial charge is 0.395 e. The molecule has 122 valence electrons. The third-order valence-electron chi connectivity index (χ3n) is 3.78. The normalized spacial score (nSPS) is 11.4. The van der Waals surface area contributed by atoms with Crippen LogP contribution in [0.4, 0.5) is 0 Å². The number of aliphatic hydroxyl groups is 1. The summed E-state index contributed by atoms with van der Waals surface area (Å²) in [6.45, 7) is 5.56. The van der Waals surface area contributed by atoms with E-state index in [-0.39, 0.29) is 6.61 Å². The van der Waals surface area contributed by atoms with E-state index in [1.165, 1.54) is 64.2 Å². The van der Waals surface area contributed by atoms with Gasteiger partial charge in [0, 0.05) is 19.6 Å². The van der Waals surface area contributed by atoms with Crippen LogP contribution in [0, 0.1) is 0 Å². The summed E-state index contributed by atoms with van der Waals surface area (Å²) in [4.78, 5) is 2.20. The van der Waals surface area contributed by atoms with Gasteiger partial charge in [-0.2, -0.15) is 0 Å². The van der Waals surface area contributed by atoms with E-state index >= 15 is 0 Å². The summed E-state index contributed by atoms with van der Waals surface area (Å²) >= 11 is 0. The Bertz CT molecular complexity index is 180. The SMILES string of the molecule is CCCCCCCCCCCCN(CCO)CCNO. The maximum absolute atomic E-state index is 8.97. The minimum absolute atomic E-state index is 0.198. The topological polar surface area (TPSA) is 55.7 Å². The van der Waals surface area contributed by atoms with Gasteiger partial charge in [-0.15, -0.1) is 0 Å². The first-order valence-electron chi connectivity index (χ1n) is 8.55. The lowest BCUT2D eigenvalue weighted by Gasteiger charge is -2.20. The molecule has 0 saturated heterocycles. The number of hydroxylamine groups is 1. The Morgan fingerprint density at radius 3 is 1.80 bits per heavy atom. The van der Waals surface area contributed by atoms with Crippen molar-refractivity contribution in [2.45, 2.75) is 71.1 Å². The van der Waals surface area contributed by atoms with Crippen LogP contribution in [0.15, 0.2) is 0 Å². The standard InChI is InChI=1S/C16H36N2O2/c1-2-3-4-5-6-7-8-9-10-11-13-18(15-16-19)14-12-17-20/h17,19-20H,2-16H2,1H3. The molecular weight excluding hydrogens is 252 g/mol. The van der Waals surface area contributed by atoms with Crippen LogP contribution < -0.4 is 5.48 Å². The molecule has 0 bridgehead atoms. The van der Waals surface area contributed by atoms with Crippen LogP contribution in [0.5, 0.6) is 0 Å². The fourth-order valence-electron chi connectivity index (χ4n) is 2.51. The molecule has 20 heavy (non-hydrogen) atoms. The van der Waals surface area contributed by atoms with Gasteiger partial charge < -0.3 is 10.3 Å². The van der Waals surface area contributed by atoms with E-state index in [1.54, 1.807) is 0 Å². The molecule has 0 aliphatic rings. The highest BCUT2D eigenvalue weighted by Gasteiger charge is 2.03. The zero-order valence-corrected chi connectivity index (χ0v) is 13.4. The second-order valence-electron chi connectivity index (χ2n) is 5.66. The van der Waals surface area contributed by atoms with Crippen molar-refractivity contribution in [1.29, 1.82) is 0 Å². The van der Waals surface area contributed by atoms with Gasteiger partial charge in [0.25, 0.3) is 0 Å². The summed E-state index contributed by atoms with van der Waals surface area (Å²) < 4.78 is 0. The minimum Gasteiger partial charge on any atom is -0.395 e. The van der Waals surface area contributed by atoms with Crippen molar-refractivity contribution in [3.63, 3.8) is 0 Å². The molecule has 3 N–H and O–H groups in total. The highest BCUT2D eigenvalue weighted by atomic mass is 16.5. The number of nitrogens with zero attached hydrogens (tertiary/aromatic N) is 1. The lowest BCUT2D eigenvalue weighted by Crippen LogP contribution is -2.34. The van der Waals surface area contributed by atoms with Crippen LogP contribution in [-0.2, 0) is 0 Å². The Morgan fingerprint density at radius 2 is 1.30 bits per heavy atom. The van der Waals surface area contributed by atoms with Crippen LogP contribution in [0.2, 0.25) is 0 Å². The first-order valence-corrected chi connectivity index (χ1v) is 8.55. The van der Waals surface area contributed by atoms with Crippen LogP contribution in [0.1, 0.15) is 71.1 Å². The molecule has 0 aromatic carbocycles. The summed E-state index contributed by atoms with van der Waals surface area (Å²) in [6, 6.07) is 0. The predicted octanol–water partition coefficient (Wildman–Crippen LogP) is 3.18. The quantitative estimate of drug-likeness (QED) is 0.302. The highest BCUT2D eigenvalue weighted by Crippen LogP contribution is 2.10. The molecule has 0 heterocycles. The molecular formula is C16H36N2O2. The van der Waals surface area contributed by atoms with E-state index in [0.29, 0.717) is 13.1 Å². The monoisotopic (exact) mass is 288 g/mol. The van der Waals surface area contributed by atoms with Crippen LogP contribution in [-0.4, -0.2) is 48.0 Å². The number of unbranched alkanes of at least 4 members (excludes halogenated alkanes) is 9. The average Bonchev–Trinajstić information content (AvgIpc) is 2.46. The van der Waals surface area contributed by atoms with E-state index in [2.05, 4.69) is 17.3 Å². The van der Waals surface area contributed by atoms with Crippen molar-refractivity contribution in [1.82, 2.24) is 10.4 Å². The first kappa shape index (κ1) is 19.8. The van der Waals surface area contributed by atoms with Gasteiger partial charge in [0.05, 0.1) is 6.61 Å². The van der Waals surface area contributed by atoms with Crippen molar-refractivity contribution in [3.05, 3.63) is 0 Å². The molecule has 0 aliphatic heterocycles. The molecule has 4 nitrogen and oxygen atoms in total. The zero-order valence-electron chi connectivity index (χ0n) is 13.4. The summed E-state index contributed by atoms with van der Waals surface area (Å²) in [5.74, 6) is 0. The lowest BCUT2D eigenvalue weighted by atomic mass is 10.1. The second-order valence-corrected chi connectivity index (χ2v) is 5.66. The van der Waals surface area contributed by atoms with Crippen LogP contribution >= 0.6 is 0 Å². The van der Waals surface area contributed by atoms with Gasteiger partial charge in [-0.05, 0) is 13.0 Å². The van der Waals surface area contributed by atoms with E-state index in [9.17, 15) is 0 Å². The van der Waals surface area contributed by atoms with Crippen molar-refractivity contribution in [3.8, 4) is 0 Å². The smallest absolute Gasteiger partial charge is 0.0558 e. The third-order valence-corrected chi connectivity index (χ3v) is 3.78. The van der Waals surface area contributed by atoms with E-state index in [4.69, 9.17) is 10.3 Å². The predicted molar refractivity (Wildman–Crippen MR) is 85.2 cm³/mol. The maximum Gasteiger partial charge on any atom is 0.0558 e. The Hall–Kier alpha value is -0.160. The van der Waals surface area contributed by atoms with Crippen molar-refractivity contribution < 1.29 is 10.3 Å². The van der Waals surface area contributed by atoms with Gasteiger partial charge in [-0.25, -0.2) is 5.48 Å². The van der Waals surface area contributed by atoms with Crippen LogP contribution in [0.3, 0.4) is 0 Å². The molecule has 0 aromatic rings. The summed E-state index contributed by atoms with van der Waals surface area (Å²) in [6.07, 6.45) is 13.5. The molecule has 0 amide bonds. The number of rotatable bonds is 16. The molecule has 0 spiro atoms. The average molecular weight is 288 g/mol. The number of nitrogens with one attached hydrogen (secondary N) is 1. The van der Waals surface area contributed by atoms with Crippen molar-refractivity contribution in [2.75, 3.05) is 32.8 Å². The van der Waals surface area contributed by atoms with Gasteiger partial charge in [0.15, 0.2) is 0 Å². The summed E-state index contributed by atoms with van der Waals surface area (Å²) in [5.41, 5.74) is 2.17. The Labute approximate surface area is 125 Å². The number of hydrogen-bond donors (Lipinski definition) is 3. The summed E-state index contributed by atoms with van der Waals surface area (Å²) in [7, 11) is 0. The molecule has 0 atom stereocenters. The van der Waals surface area contributed by atoms with Gasteiger partial charge >= 0.3 is 0 Å². The third kappa shape index (κ3) is 14.3. The minimum atomic E-state index is 0.198. The van der Waals surface area contributed by atoms with Crippen molar-refractivity contribution >= 4 is 0 Å². The van der Waals surface area contributed by atoms with Gasteiger partial charge in [-0.1, -0.05) is 64.7 Å². The van der Waals surface area contributed by atoms with Gasteiger partial charge in [0.1, 0.15) is 0 Å². The van der Waals surface area contributed by atoms with E-state index in [1.807, 2.05) is 0 Å². The molecule has 4 heteroatoms. The number of hydrogen-bond acceptors (Lipinski definition) is 4. The zero-order chi connectivity index (χ0) is 14.9. The first-order chi connectivity index (χ1) is 9.85.